The predicted molar refractivity (Wildman–Crippen MR) is 137 cm³/mol. The lowest BCUT2D eigenvalue weighted by molar-refractivity contribution is 0.226. The normalized spacial score (nSPS) is 20.7. The van der Waals surface area contributed by atoms with Gasteiger partial charge in [-0.2, -0.15) is 0 Å². The number of hydrogen-bond acceptors (Lipinski definition) is 11. The fourth-order valence-electron chi connectivity index (χ4n) is 4.58. The molecule has 0 bridgehead atoms. The summed E-state index contributed by atoms with van der Waals surface area (Å²) in [6.07, 6.45) is 4.28. The van der Waals surface area contributed by atoms with Crippen LogP contribution in [0.5, 0.6) is 0 Å². The molecule has 9 nitrogen and oxygen atoms in total. The van der Waals surface area contributed by atoms with Gasteiger partial charge in [0.2, 0.25) is 0 Å². The van der Waals surface area contributed by atoms with Crippen LogP contribution in [0.2, 0.25) is 0 Å². The van der Waals surface area contributed by atoms with Crippen LogP contribution in [-0.2, 0) is 5.41 Å². The largest absolute Gasteiger partial charge is 0.382 e. The van der Waals surface area contributed by atoms with Crippen molar-refractivity contribution < 1.29 is 4.52 Å². The first-order chi connectivity index (χ1) is 16.4. The molecule has 0 radical (unpaired) electrons. The number of hydrogen-bond donors (Lipinski definition) is 3. The van der Waals surface area contributed by atoms with Gasteiger partial charge >= 0.3 is 0 Å². The average molecular weight is 495 g/mol. The minimum absolute atomic E-state index is 0.229. The first kappa shape index (κ1) is 22.8. The van der Waals surface area contributed by atoms with Gasteiger partial charge in [0, 0.05) is 42.2 Å². The fraction of sp³-hybridized carbons (Fsp3) is 0.348. The molecule has 5 N–H and O–H groups in total. The molecule has 5 rings (SSSR count). The lowest BCUT2D eigenvalue weighted by atomic mass is 9.68. The summed E-state index contributed by atoms with van der Waals surface area (Å²) in [5.74, 6) is 1.98. The Kier molecular flexibility index (Phi) is 6.00. The maximum absolute atomic E-state index is 8.58. The van der Waals surface area contributed by atoms with Crippen molar-refractivity contribution in [2.75, 3.05) is 30.3 Å². The standard InChI is InChI=1S/C23H26N8OS2/c1-13-11-31(7-5-23(13,12-24)17-9-14(2)32-30-17)18-10-28-19(21(25)29-18)22(26)34-16-3-6-27-15-4-8-33-20(15)16/h3-4,6,8-10,13,26H,5,7,11-12,24H2,1-2H3,(H2,25,29). The summed E-state index contributed by atoms with van der Waals surface area (Å²) in [6, 6.07) is 5.87. The summed E-state index contributed by atoms with van der Waals surface area (Å²) in [5, 5.41) is 15.1. The Bertz CT molecular complexity index is 1350. The number of nitrogens with two attached hydrogens (primary N) is 2. The van der Waals surface area contributed by atoms with Crippen molar-refractivity contribution >= 4 is 50.0 Å². The first-order valence-electron chi connectivity index (χ1n) is 11.0. The molecule has 11 heteroatoms. The maximum atomic E-state index is 8.58. The second-order valence-electron chi connectivity index (χ2n) is 8.62. The van der Waals surface area contributed by atoms with Gasteiger partial charge in [-0.3, -0.25) is 10.4 Å². The van der Waals surface area contributed by atoms with E-state index >= 15 is 0 Å². The minimum atomic E-state index is -0.233. The van der Waals surface area contributed by atoms with E-state index in [1.165, 1.54) is 11.8 Å². The highest BCUT2D eigenvalue weighted by molar-refractivity contribution is 8.14. The molecule has 176 valence electrons. The third kappa shape index (κ3) is 3.93. The summed E-state index contributed by atoms with van der Waals surface area (Å²) in [6.45, 7) is 6.08. The van der Waals surface area contributed by atoms with E-state index in [1.54, 1.807) is 23.7 Å². The molecule has 4 aromatic heterocycles. The van der Waals surface area contributed by atoms with Crippen molar-refractivity contribution in [3.05, 3.63) is 53.1 Å². The van der Waals surface area contributed by atoms with E-state index in [-0.39, 0.29) is 22.2 Å². The number of nitrogens with zero attached hydrogens (tertiary/aromatic N) is 5. The number of nitrogens with one attached hydrogen (secondary N) is 1. The highest BCUT2D eigenvalue weighted by Crippen LogP contribution is 2.40. The molecule has 2 atom stereocenters. The summed E-state index contributed by atoms with van der Waals surface area (Å²) in [4.78, 5) is 16.6. The van der Waals surface area contributed by atoms with Crippen molar-refractivity contribution in [2.45, 2.75) is 30.6 Å². The Morgan fingerprint density at radius 1 is 1.38 bits per heavy atom. The second-order valence-corrected chi connectivity index (χ2v) is 10.6. The summed E-state index contributed by atoms with van der Waals surface area (Å²) >= 11 is 2.92. The van der Waals surface area contributed by atoms with Crippen molar-refractivity contribution in [2.24, 2.45) is 11.7 Å². The summed E-state index contributed by atoms with van der Waals surface area (Å²) in [7, 11) is 0. The molecule has 0 aliphatic carbocycles. The molecule has 0 spiro atoms. The number of anilines is 2. The number of rotatable bonds is 5. The highest BCUT2D eigenvalue weighted by Gasteiger charge is 2.43. The Morgan fingerprint density at radius 3 is 2.94 bits per heavy atom. The number of piperidine rings is 1. The lowest BCUT2D eigenvalue weighted by Gasteiger charge is -2.45. The van der Waals surface area contributed by atoms with Crippen LogP contribution in [0.15, 0.2) is 45.4 Å². The number of aromatic nitrogens is 4. The van der Waals surface area contributed by atoms with Crippen LogP contribution in [0.3, 0.4) is 0 Å². The number of aryl methyl sites for hydroxylation is 1. The SMILES string of the molecule is Cc1cc(C2(CN)CCN(c3cnc(C(=N)Sc4ccnc5ccsc45)c(N)n3)CC2C)no1. The van der Waals surface area contributed by atoms with Gasteiger partial charge in [0.25, 0.3) is 0 Å². The van der Waals surface area contributed by atoms with E-state index in [1.807, 2.05) is 30.5 Å². The molecular weight excluding hydrogens is 468 g/mol. The van der Waals surface area contributed by atoms with E-state index in [0.29, 0.717) is 18.1 Å². The van der Waals surface area contributed by atoms with Crippen LogP contribution in [0.1, 0.15) is 30.5 Å². The molecule has 0 aromatic carbocycles. The average Bonchev–Trinajstić information content (AvgIpc) is 3.49. The Balaban J connectivity index is 1.33. The van der Waals surface area contributed by atoms with Gasteiger partial charge in [-0.1, -0.05) is 23.8 Å². The van der Waals surface area contributed by atoms with Gasteiger partial charge in [-0.15, -0.1) is 11.3 Å². The molecule has 1 saturated heterocycles. The van der Waals surface area contributed by atoms with Crippen LogP contribution in [0, 0.1) is 18.3 Å². The molecule has 5 heterocycles. The smallest absolute Gasteiger partial charge is 0.154 e. The van der Waals surface area contributed by atoms with Gasteiger partial charge in [-0.05, 0) is 36.8 Å². The van der Waals surface area contributed by atoms with Gasteiger partial charge in [0.05, 0.1) is 22.1 Å². The van der Waals surface area contributed by atoms with Crippen molar-refractivity contribution in [3.63, 3.8) is 0 Å². The number of thiophene rings is 1. The molecule has 0 saturated carbocycles. The van der Waals surface area contributed by atoms with Crippen LogP contribution < -0.4 is 16.4 Å². The summed E-state index contributed by atoms with van der Waals surface area (Å²) < 4.78 is 6.38. The van der Waals surface area contributed by atoms with E-state index < -0.39 is 0 Å². The second kappa shape index (κ2) is 8.97. The van der Waals surface area contributed by atoms with Gasteiger partial charge < -0.3 is 20.9 Å². The Hall–Kier alpha value is -3.02. The molecule has 0 amide bonds. The van der Waals surface area contributed by atoms with E-state index in [2.05, 4.69) is 31.9 Å². The summed E-state index contributed by atoms with van der Waals surface area (Å²) in [5.41, 5.74) is 14.5. The number of pyridine rings is 1. The van der Waals surface area contributed by atoms with E-state index in [9.17, 15) is 0 Å². The van der Waals surface area contributed by atoms with Crippen LogP contribution in [0.25, 0.3) is 10.2 Å². The number of thioether (sulfide) groups is 1. The molecule has 1 aliphatic rings. The number of nitrogen functional groups attached to an aromatic ring is 1. The van der Waals surface area contributed by atoms with Crippen LogP contribution in [0.4, 0.5) is 11.6 Å². The Morgan fingerprint density at radius 2 is 2.24 bits per heavy atom. The Labute approximate surface area is 205 Å². The van der Waals surface area contributed by atoms with Crippen LogP contribution >= 0.6 is 23.1 Å². The third-order valence-corrected chi connectivity index (χ3v) is 8.64. The monoisotopic (exact) mass is 494 g/mol. The van der Waals surface area contributed by atoms with Crippen molar-refractivity contribution in [1.82, 2.24) is 20.1 Å². The van der Waals surface area contributed by atoms with Crippen LogP contribution in [-0.4, -0.2) is 44.8 Å². The minimum Gasteiger partial charge on any atom is -0.382 e. The van der Waals surface area contributed by atoms with Gasteiger partial charge in [0.1, 0.15) is 22.3 Å². The first-order valence-corrected chi connectivity index (χ1v) is 12.7. The third-order valence-electron chi connectivity index (χ3n) is 6.61. The van der Waals surface area contributed by atoms with E-state index in [0.717, 1.165) is 46.1 Å². The fourth-order valence-corrected chi connectivity index (χ4v) is 6.41. The predicted octanol–water partition coefficient (Wildman–Crippen LogP) is 3.83. The molecule has 2 unspecified atom stereocenters. The zero-order valence-corrected chi connectivity index (χ0v) is 20.6. The maximum Gasteiger partial charge on any atom is 0.154 e. The quantitative estimate of drug-likeness (QED) is 0.214. The van der Waals surface area contributed by atoms with Crippen molar-refractivity contribution in [1.29, 1.82) is 5.41 Å². The topological polar surface area (TPSA) is 144 Å². The lowest BCUT2D eigenvalue weighted by Crippen LogP contribution is -2.53. The van der Waals surface area contributed by atoms with Gasteiger partial charge in [-0.25, -0.2) is 9.97 Å². The van der Waals surface area contributed by atoms with E-state index in [4.69, 9.17) is 21.4 Å². The molecule has 1 aliphatic heterocycles. The molecule has 34 heavy (non-hydrogen) atoms. The molecular formula is C23H26N8OS2. The zero-order valence-electron chi connectivity index (χ0n) is 19.0. The van der Waals surface area contributed by atoms with Crippen molar-refractivity contribution in [3.8, 4) is 0 Å². The molecule has 4 aromatic rings. The van der Waals surface area contributed by atoms with Gasteiger partial charge in [0.15, 0.2) is 5.82 Å². The highest BCUT2D eigenvalue weighted by atomic mass is 32.2. The molecule has 1 fully saturated rings. The number of fused-ring (bicyclic) bond motifs is 1. The zero-order chi connectivity index (χ0) is 23.9.